The highest BCUT2D eigenvalue weighted by Gasteiger charge is 2.36. The maximum atomic E-state index is 13.9. The van der Waals surface area contributed by atoms with Gasteiger partial charge < -0.3 is 21.1 Å². The van der Waals surface area contributed by atoms with Crippen molar-refractivity contribution in [2.45, 2.75) is 32.1 Å². The number of carbonyl (C=O) groups excluding carboxylic acids is 3. The maximum absolute atomic E-state index is 13.9. The topological polar surface area (TPSA) is 245 Å². The number of imidazole rings is 1. The van der Waals surface area contributed by atoms with Crippen LogP contribution in [0.2, 0.25) is 30.1 Å². The van der Waals surface area contributed by atoms with Gasteiger partial charge in [-0.05, 0) is 228 Å². The van der Waals surface area contributed by atoms with Gasteiger partial charge in [0.25, 0.3) is 11.8 Å². The van der Waals surface area contributed by atoms with E-state index in [0.717, 1.165) is 88.2 Å². The molecule has 0 unspecified atom stereocenters. The Balaban J connectivity index is 0.000000116. The number of alkyl halides is 1. The number of amides is 2. The van der Waals surface area contributed by atoms with Crippen LogP contribution in [-0.2, 0) is 32.1 Å². The molecule has 0 fully saturated rings. The number of nitrogens with two attached hydrogens (primary N) is 1. The second-order valence-corrected chi connectivity index (χ2v) is 34.0. The molecule has 30 heteroatoms. The molecule has 17 nitrogen and oxygen atoms in total. The number of aldehydes is 1. The number of nitrogens with one attached hydrogen (secondary N) is 2. The van der Waals surface area contributed by atoms with Crippen LogP contribution in [0.15, 0.2) is 328 Å². The Morgan fingerprint density at radius 1 is 0.345 bits per heavy atom. The zero-order chi connectivity index (χ0) is 97.1. The van der Waals surface area contributed by atoms with Gasteiger partial charge in [-0.15, -0.1) is 11.6 Å². The lowest BCUT2D eigenvalue weighted by Crippen LogP contribution is -2.29. The van der Waals surface area contributed by atoms with Crippen LogP contribution < -0.4 is 11.1 Å². The number of anilines is 1. The fraction of sp³-hybridized carbons (Fsp3) is 0.0459. The standard InChI is InChI=1S/C24H14ClFN2O2.C21H14ClFN6.C16H10Cl2FN.C16H12ClFN2.C16H11ClFNO.C16H9ClFNO/c25-20-9-4-10-21-19(20)12-18(14-5-3-6-15(26)11-14)22(27-21)13-28-23(29)16-7-1-2-8-17(16)24(28)30;22-16-5-2-6-17-15(16)8-14(12-3-1-4-13(23)7-12)18(29-17)9-24-20-19-21(26-10-25-19)28-11-27-20;17-9-16-12(10-3-1-4-11(19)7-10)8-13-14(18)5-2-6-15(13)20-16;17-14-5-2-6-15-13(14)8-12(16(9-19)20-15)10-3-1-4-11(18)7-10;2*17-14-5-2-6-15-13(14)8-12(16(9-20)19-15)10-3-1-4-11(18)7-10/h1-12H,13H2;1-8,10-11H,9H2,(H2,24,25,26,27,28);1-8H,9H2;1-8H,9,19H2;1-8,20H,9H2;1-9H. The van der Waals surface area contributed by atoms with E-state index in [2.05, 4.69) is 50.2 Å². The van der Waals surface area contributed by atoms with E-state index in [0.29, 0.717) is 143 Å². The first-order chi connectivity index (χ1) is 67.5. The van der Waals surface area contributed by atoms with Crippen LogP contribution in [0.3, 0.4) is 0 Å². The van der Waals surface area contributed by atoms with Gasteiger partial charge in [0.05, 0.1) is 105 Å². The van der Waals surface area contributed by atoms with Gasteiger partial charge in [-0.25, -0.2) is 51.3 Å². The summed E-state index contributed by atoms with van der Waals surface area (Å²) in [5, 5.41) is 21.0. The minimum Gasteiger partial charge on any atom is -0.390 e. The molecule has 0 radical (unpaired) electrons. The molecule has 0 aliphatic carbocycles. The van der Waals surface area contributed by atoms with Crippen LogP contribution in [0.5, 0.6) is 0 Å². The third kappa shape index (κ3) is 21.6. The fourth-order valence-electron chi connectivity index (χ4n) is 15.9. The summed E-state index contributed by atoms with van der Waals surface area (Å²) in [6, 6.07) is 88.2. The quantitative estimate of drug-likeness (QED) is 0.0323. The van der Waals surface area contributed by atoms with Crippen molar-refractivity contribution in [1.29, 1.82) is 0 Å². The molecule has 0 saturated heterocycles. The van der Waals surface area contributed by atoms with Gasteiger partial charge in [0.15, 0.2) is 17.8 Å². The lowest BCUT2D eigenvalue weighted by molar-refractivity contribution is 0.0640. The molecule has 22 rings (SSSR count). The van der Waals surface area contributed by atoms with Gasteiger partial charge in [0, 0.05) is 102 Å². The molecular formula is C109H70Cl7F6N13O4. The molecule has 139 heavy (non-hydrogen) atoms. The third-order valence-corrected chi connectivity index (χ3v) is 24.7. The molecule has 13 aromatic carbocycles. The van der Waals surface area contributed by atoms with E-state index in [4.69, 9.17) is 91.9 Å². The fourth-order valence-corrected chi connectivity index (χ4v) is 17.5. The summed E-state index contributed by atoms with van der Waals surface area (Å²) in [5.41, 5.74) is 24.0. The molecule has 1 aliphatic rings. The van der Waals surface area contributed by atoms with Crippen molar-refractivity contribution in [2.24, 2.45) is 5.73 Å². The van der Waals surface area contributed by atoms with Crippen LogP contribution in [0.4, 0.5) is 32.2 Å². The SMILES string of the molecule is Fc1cccc(-c2cc3c(Cl)cccc3nc2CCl)c1.Fc1cccc(-c2cc3c(Cl)cccc3nc2CNc2ncnc3nc[nH]c23)c1.NCc1nc2cccc(Cl)c2cc1-c1cccc(F)c1.O=C1c2ccccc2C(=O)N1Cc1nc2cccc(Cl)c2cc1-c1cccc(F)c1.O=Cc1nc2cccc(Cl)c2cc1-c1cccc(F)c1.OCc1nc2cccc(Cl)c2cc1-c1cccc(F)c1. The second kappa shape index (κ2) is 43.1. The molecule has 5 N–H and O–H groups in total. The number of carbonyl (C=O) groups is 3. The van der Waals surface area contributed by atoms with Crippen molar-refractivity contribution in [2.75, 3.05) is 5.32 Å². The molecule has 0 bridgehead atoms. The lowest BCUT2D eigenvalue weighted by Gasteiger charge is -2.17. The zero-order valence-electron chi connectivity index (χ0n) is 72.4. The Labute approximate surface area is 824 Å². The molecular weight excluding hydrogens is 1920 g/mol. The van der Waals surface area contributed by atoms with Crippen LogP contribution in [-0.4, -0.2) is 77.9 Å². The molecule has 21 aromatic rings. The van der Waals surface area contributed by atoms with Crippen LogP contribution >= 0.6 is 81.2 Å². The van der Waals surface area contributed by atoms with Crippen molar-refractivity contribution in [3.05, 3.63) is 438 Å². The Morgan fingerprint density at radius 2 is 0.655 bits per heavy atom. The molecule has 0 saturated carbocycles. The number of pyridine rings is 6. The number of nitrogens with zero attached hydrogens (tertiary/aromatic N) is 10. The van der Waals surface area contributed by atoms with Gasteiger partial charge >= 0.3 is 0 Å². The minimum atomic E-state index is -0.390. The van der Waals surface area contributed by atoms with Gasteiger partial charge in [-0.1, -0.05) is 191 Å². The number of halogens is 13. The van der Waals surface area contributed by atoms with Crippen molar-refractivity contribution in [1.82, 2.24) is 54.7 Å². The number of H-pyrrole nitrogens is 1. The van der Waals surface area contributed by atoms with E-state index < -0.39 is 5.82 Å². The lowest BCUT2D eigenvalue weighted by atomic mass is 10.0. The van der Waals surface area contributed by atoms with E-state index >= 15 is 0 Å². The van der Waals surface area contributed by atoms with Gasteiger partial charge in [0.2, 0.25) is 0 Å². The zero-order valence-corrected chi connectivity index (χ0v) is 77.7. The first-order valence-corrected chi connectivity index (χ1v) is 45.5. The maximum Gasteiger partial charge on any atom is 0.261 e. The first kappa shape index (κ1) is 95.7. The number of imide groups is 1. The Morgan fingerprint density at radius 3 is 1.01 bits per heavy atom. The van der Waals surface area contributed by atoms with Crippen molar-refractivity contribution < 1.29 is 45.8 Å². The average Bonchev–Trinajstić information content (AvgIpc) is 1.66. The summed E-state index contributed by atoms with van der Waals surface area (Å²) in [6.45, 7) is 0.419. The number of aromatic amines is 1. The molecule has 2 amide bonds. The molecule has 0 atom stereocenters. The number of aromatic nitrogens is 10. The Hall–Kier alpha value is -15.0. The highest BCUT2D eigenvalue weighted by molar-refractivity contribution is 6.38. The smallest absolute Gasteiger partial charge is 0.261 e. The summed E-state index contributed by atoms with van der Waals surface area (Å²) in [4.78, 5) is 80.8. The summed E-state index contributed by atoms with van der Waals surface area (Å²) < 4.78 is 81.3. The molecule has 686 valence electrons. The molecule has 1 aliphatic heterocycles. The van der Waals surface area contributed by atoms with Crippen LogP contribution in [0.1, 0.15) is 59.7 Å². The predicted octanol–water partition coefficient (Wildman–Crippen LogP) is 28.7. The van der Waals surface area contributed by atoms with Crippen LogP contribution in [0, 0.1) is 34.9 Å². The van der Waals surface area contributed by atoms with E-state index in [1.165, 1.54) is 84.0 Å². The predicted molar refractivity (Wildman–Crippen MR) is 541 cm³/mol. The van der Waals surface area contributed by atoms with Crippen LogP contribution in [0.25, 0.3) is 143 Å². The molecule has 0 spiro atoms. The Kier molecular flexibility index (Phi) is 29.7. The number of hydrogen-bond acceptors (Lipinski definition) is 15. The average molecular weight is 1990 g/mol. The van der Waals surface area contributed by atoms with E-state index in [9.17, 15) is 45.8 Å². The van der Waals surface area contributed by atoms with Gasteiger partial charge in [-0.3, -0.25) is 39.2 Å². The van der Waals surface area contributed by atoms with Gasteiger partial charge in [-0.2, -0.15) is 0 Å². The van der Waals surface area contributed by atoms with E-state index in [-0.39, 0.29) is 72.2 Å². The normalized spacial score (nSPS) is 11.5. The summed E-state index contributed by atoms with van der Waals surface area (Å²) in [5.74, 6) is -1.83. The number of fused-ring (bicyclic) bond motifs is 8. The minimum absolute atomic E-state index is 0.0271. The number of hydrogen-bond donors (Lipinski definition) is 4. The van der Waals surface area contributed by atoms with E-state index in [1.807, 2.05) is 109 Å². The monoisotopic (exact) mass is 1980 g/mol. The third-order valence-electron chi connectivity index (χ3n) is 22.5. The largest absolute Gasteiger partial charge is 0.390 e. The summed E-state index contributed by atoms with van der Waals surface area (Å²) in [7, 11) is 0. The summed E-state index contributed by atoms with van der Waals surface area (Å²) in [6.07, 6.45) is 3.69. The number of benzene rings is 13. The van der Waals surface area contributed by atoms with Gasteiger partial charge in [0.1, 0.15) is 52.4 Å². The second-order valence-electron chi connectivity index (χ2n) is 31.3. The number of rotatable bonds is 15. The number of aliphatic hydroxyl groups excluding tert-OH is 1. The van der Waals surface area contributed by atoms with Crippen molar-refractivity contribution in [3.63, 3.8) is 0 Å². The molecule has 8 aromatic heterocycles. The Bertz CT molecular complexity index is 7980. The van der Waals surface area contributed by atoms with Crippen molar-refractivity contribution in [3.8, 4) is 66.8 Å². The number of aliphatic hydroxyl groups is 1. The highest BCUT2D eigenvalue weighted by atomic mass is 35.5. The first-order valence-electron chi connectivity index (χ1n) is 42.7. The highest BCUT2D eigenvalue weighted by Crippen LogP contribution is 2.40. The van der Waals surface area contributed by atoms with E-state index in [1.54, 1.807) is 140 Å². The molecule has 9 heterocycles. The van der Waals surface area contributed by atoms with Crippen molar-refractivity contribution >= 4 is 182 Å². The summed E-state index contributed by atoms with van der Waals surface area (Å²) >= 11 is 43.4.